The Morgan fingerprint density at radius 1 is 1.31 bits per heavy atom. The van der Waals surface area contributed by atoms with Crippen molar-refractivity contribution in [3.05, 3.63) is 36.5 Å². The SMILES string of the molecule is CN(C)C(=O)Oc1ccc2cccnc2c1. The number of fused-ring (bicyclic) bond motifs is 1. The van der Waals surface area contributed by atoms with Gasteiger partial charge in [-0.25, -0.2) is 4.79 Å². The Bertz CT molecular complexity index is 523. The first kappa shape index (κ1) is 10.4. The van der Waals surface area contributed by atoms with Crippen molar-refractivity contribution in [1.82, 2.24) is 9.88 Å². The number of ether oxygens (including phenoxy) is 1. The van der Waals surface area contributed by atoms with Crippen molar-refractivity contribution in [3.8, 4) is 5.75 Å². The number of benzene rings is 1. The third-order valence-corrected chi connectivity index (χ3v) is 2.15. The Labute approximate surface area is 93.5 Å². The van der Waals surface area contributed by atoms with E-state index in [9.17, 15) is 4.79 Å². The minimum absolute atomic E-state index is 0.393. The van der Waals surface area contributed by atoms with Gasteiger partial charge in [0.2, 0.25) is 0 Å². The summed E-state index contributed by atoms with van der Waals surface area (Å²) in [4.78, 5) is 16.9. The second-order valence-electron chi connectivity index (χ2n) is 3.62. The van der Waals surface area contributed by atoms with Gasteiger partial charge in [0.15, 0.2) is 0 Å². The molecule has 0 aliphatic heterocycles. The number of carbonyl (C=O) groups is 1. The van der Waals surface area contributed by atoms with Crippen LogP contribution in [0.3, 0.4) is 0 Å². The van der Waals surface area contributed by atoms with Crippen LogP contribution in [0.25, 0.3) is 10.9 Å². The van der Waals surface area contributed by atoms with Gasteiger partial charge >= 0.3 is 6.09 Å². The largest absolute Gasteiger partial charge is 0.414 e. The lowest BCUT2D eigenvalue weighted by Crippen LogP contribution is -2.25. The van der Waals surface area contributed by atoms with Crippen LogP contribution >= 0.6 is 0 Å². The van der Waals surface area contributed by atoms with Gasteiger partial charge in [0, 0.05) is 31.7 Å². The number of carbonyl (C=O) groups excluding carboxylic acids is 1. The smallest absolute Gasteiger partial charge is 0.410 e. The number of pyridine rings is 1. The maximum atomic E-state index is 11.3. The molecule has 0 unspecified atom stereocenters. The molecule has 0 saturated carbocycles. The van der Waals surface area contributed by atoms with Crippen LogP contribution in [0.4, 0.5) is 4.79 Å². The van der Waals surface area contributed by atoms with Crippen molar-refractivity contribution in [2.24, 2.45) is 0 Å². The van der Waals surface area contributed by atoms with E-state index in [-0.39, 0.29) is 0 Å². The Morgan fingerprint density at radius 2 is 2.12 bits per heavy atom. The highest BCUT2D eigenvalue weighted by Crippen LogP contribution is 2.18. The van der Waals surface area contributed by atoms with Crippen molar-refractivity contribution in [3.63, 3.8) is 0 Å². The molecular weight excluding hydrogens is 204 g/mol. The Hall–Kier alpha value is -2.10. The lowest BCUT2D eigenvalue weighted by Gasteiger charge is -2.10. The molecule has 0 atom stereocenters. The van der Waals surface area contributed by atoms with Gasteiger partial charge in [-0.2, -0.15) is 0 Å². The molecule has 82 valence electrons. The van der Waals surface area contributed by atoms with E-state index in [2.05, 4.69) is 4.98 Å². The van der Waals surface area contributed by atoms with E-state index in [1.807, 2.05) is 18.2 Å². The van der Waals surface area contributed by atoms with Crippen molar-refractivity contribution in [2.45, 2.75) is 0 Å². The molecule has 0 radical (unpaired) electrons. The van der Waals surface area contributed by atoms with Crippen LogP contribution in [0.1, 0.15) is 0 Å². The van der Waals surface area contributed by atoms with Gasteiger partial charge in [0.1, 0.15) is 5.75 Å². The predicted molar refractivity (Wildman–Crippen MR) is 61.5 cm³/mol. The Morgan fingerprint density at radius 3 is 2.88 bits per heavy atom. The molecular formula is C12H12N2O2. The molecule has 0 N–H and O–H groups in total. The van der Waals surface area contributed by atoms with Crippen molar-refractivity contribution >= 4 is 17.0 Å². The second kappa shape index (κ2) is 4.18. The van der Waals surface area contributed by atoms with Crippen molar-refractivity contribution in [2.75, 3.05) is 14.1 Å². The fourth-order valence-corrected chi connectivity index (χ4v) is 1.30. The summed E-state index contributed by atoms with van der Waals surface area (Å²) >= 11 is 0. The summed E-state index contributed by atoms with van der Waals surface area (Å²) in [5, 5.41) is 1.02. The monoisotopic (exact) mass is 216 g/mol. The number of aromatic nitrogens is 1. The number of rotatable bonds is 1. The van der Waals surface area contributed by atoms with Crippen LogP contribution < -0.4 is 4.74 Å². The molecule has 1 heterocycles. The molecule has 1 amide bonds. The number of amides is 1. The highest BCUT2D eigenvalue weighted by atomic mass is 16.6. The normalized spacial score (nSPS) is 10.1. The summed E-state index contributed by atoms with van der Waals surface area (Å²) in [6, 6.07) is 9.20. The zero-order valence-electron chi connectivity index (χ0n) is 9.18. The summed E-state index contributed by atoms with van der Waals surface area (Å²) in [7, 11) is 3.28. The van der Waals surface area contributed by atoms with Crippen LogP contribution in [-0.4, -0.2) is 30.1 Å². The van der Waals surface area contributed by atoms with Crippen molar-refractivity contribution in [1.29, 1.82) is 0 Å². The Kier molecular flexibility index (Phi) is 2.72. The molecule has 0 spiro atoms. The molecule has 4 nitrogen and oxygen atoms in total. The minimum Gasteiger partial charge on any atom is -0.410 e. The average molecular weight is 216 g/mol. The lowest BCUT2D eigenvalue weighted by atomic mass is 10.2. The van der Waals surface area contributed by atoms with E-state index in [4.69, 9.17) is 4.74 Å². The van der Waals surface area contributed by atoms with E-state index in [0.29, 0.717) is 5.75 Å². The standard InChI is InChI=1S/C12H12N2O2/c1-14(2)12(15)16-10-6-5-9-4-3-7-13-11(9)8-10/h3-8H,1-2H3. The number of nitrogens with zero attached hydrogens (tertiary/aromatic N) is 2. The molecule has 4 heteroatoms. The van der Waals surface area contributed by atoms with Crippen LogP contribution in [0, 0.1) is 0 Å². The molecule has 2 rings (SSSR count). The summed E-state index contributed by atoms with van der Waals surface area (Å²) in [6.45, 7) is 0. The van der Waals surface area contributed by atoms with Crippen LogP contribution in [-0.2, 0) is 0 Å². The van der Waals surface area contributed by atoms with E-state index in [1.54, 1.807) is 32.4 Å². The maximum absolute atomic E-state index is 11.3. The van der Waals surface area contributed by atoms with Crippen LogP contribution in [0.5, 0.6) is 5.75 Å². The molecule has 0 fully saturated rings. The summed E-state index contributed by atoms with van der Waals surface area (Å²) < 4.78 is 5.13. The predicted octanol–water partition coefficient (Wildman–Crippen LogP) is 2.30. The van der Waals surface area contributed by atoms with Gasteiger partial charge in [-0.05, 0) is 18.2 Å². The van der Waals surface area contributed by atoms with Crippen LogP contribution in [0.2, 0.25) is 0 Å². The lowest BCUT2D eigenvalue weighted by molar-refractivity contribution is 0.172. The zero-order chi connectivity index (χ0) is 11.5. The van der Waals surface area contributed by atoms with Crippen molar-refractivity contribution < 1.29 is 9.53 Å². The zero-order valence-corrected chi connectivity index (χ0v) is 9.18. The van der Waals surface area contributed by atoms with Gasteiger partial charge in [-0.1, -0.05) is 6.07 Å². The maximum Gasteiger partial charge on any atom is 0.414 e. The molecule has 0 aliphatic carbocycles. The number of hydrogen-bond acceptors (Lipinski definition) is 3. The average Bonchev–Trinajstić information content (AvgIpc) is 2.28. The van der Waals surface area contributed by atoms with Gasteiger partial charge in [-0.3, -0.25) is 4.98 Å². The first-order chi connectivity index (χ1) is 7.66. The second-order valence-corrected chi connectivity index (χ2v) is 3.62. The first-order valence-electron chi connectivity index (χ1n) is 4.91. The van der Waals surface area contributed by atoms with Gasteiger partial charge in [0.25, 0.3) is 0 Å². The van der Waals surface area contributed by atoms with Gasteiger partial charge in [0.05, 0.1) is 5.52 Å². The number of hydrogen-bond donors (Lipinski definition) is 0. The molecule has 1 aromatic carbocycles. The molecule has 0 aliphatic rings. The molecule has 1 aromatic heterocycles. The fraction of sp³-hybridized carbons (Fsp3) is 0.167. The third kappa shape index (κ3) is 2.11. The minimum atomic E-state index is -0.393. The summed E-state index contributed by atoms with van der Waals surface area (Å²) in [5.74, 6) is 0.505. The topological polar surface area (TPSA) is 42.4 Å². The summed E-state index contributed by atoms with van der Waals surface area (Å²) in [5.41, 5.74) is 0.812. The fourth-order valence-electron chi connectivity index (χ4n) is 1.30. The highest BCUT2D eigenvalue weighted by Gasteiger charge is 2.06. The quantitative estimate of drug-likeness (QED) is 0.734. The van der Waals surface area contributed by atoms with E-state index in [0.717, 1.165) is 10.9 Å². The van der Waals surface area contributed by atoms with E-state index < -0.39 is 6.09 Å². The van der Waals surface area contributed by atoms with E-state index >= 15 is 0 Å². The third-order valence-electron chi connectivity index (χ3n) is 2.15. The Balaban J connectivity index is 2.29. The van der Waals surface area contributed by atoms with Gasteiger partial charge in [-0.15, -0.1) is 0 Å². The van der Waals surface area contributed by atoms with Crippen LogP contribution in [0.15, 0.2) is 36.5 Å². The molecule has 2 aromatic rings. The molecule has 0 saturated heterocycles. The van der Waals surface area contributed by atoms with E-state index in [1.165, 1.54) is 4.90 Å². The first-order valence-corrected chi connectivity index (χ1v) is 4.91. The molecule has 0 bridgehead atoms. The highest BCUT2D eigenvalue weighted by molar-refractivity contribution is 5.81. The molecule has 16 heavy (non-hydrogen) atoms. The summed E-state index contributed by atoms with van der Waals surface area (Å²) in [6.07, 6.45) is 1.31. The van der Waals surface area contributed by atoms with Gasteiger partial charge < -0.3 is 9.64 Å².